The van der Waals surface area contributed by atoms with Crippen LogP contribution in [0.15, 0.2) is 47.4 Å². The molecule has 170 valence electrons. The van der Waals surface area contributed by atoms with Gasteiger partial charge >= 0.3 is 0 Å². The molecule has 0 bridgehead atoms. The van der Waals surface area contributed by atoms with Crippen LogP contribution in [0.2, 0.25) is 0 Å². The van der Waals surface area contributed by atoms with Crippen molar-refractivity contribution in [3.8, 4) is 5.75 Å². The number of amides is 2. The van der Waals surface area contributed by atoms with Crippen molar-refractivity contribution in [2.24, 2.45) is 0 Å². The molecular weight excluding hydrogens is 430 g/mol. The van der Waals surface area contributed by atoms with Crippen LogP contribution >= 0.6 is 0 Å². The largest absolute Gasteiger partial charge is 0.496 e. The molecule has 9 heteroatoms. The van der Waals surface area contributed by atoms with Gasteiger partial charge in [-0.25, -0.2) is 8.42 Å². The fourth-order valence-electron chi connectivity index (χ4n) is 4.20. The minimum absolute atomic E-state index is 0.0453. The standard InChI is InChI=1S/C23H27N3O5S/c1-31-21-11-10-18(32(29,30)25-13-5-2-6-14-25)15-17(21)9-12-23(28)26-16-22(27)24-19-7-3-4-8-20(19)26/h3-4,7-8,10-11,15H,2,5-6,9,12-14,16H2,1H3,(H,24,27). The Balaban J connectivity index is 1.53. The van der Waals surface area contributed by atoms with Crippen molar-refractivity contribution in [3.05, 3.63) is 48.0 Å². The Labute approximate surface area is 188 Å². The summed E-state index contributed by atoms with van der Waals surface area (Å²) in [7, 11) is -2.07. The van der Waals surface area contributed by atoms with Crippen molar-refractivity contribution >= 4 is 33.2 Å². The number of hydrogen-bond donors (Lipinski definition) is 1. The summed E-state index contributed by atoms with van der Waals surface area (Å²) in [5.74, 6) is 0.0788. The third kappa shape index (κ3) is 4.49. The van der Waals surface area contributed by atoms with E-state index in [1.54, 1.807) is 36.4 Å². The van der Waals surface area contributed by atoms with Gasteiger partial charge in [0.25, 0.3) is 0 Å². The number of nitrogens with zero attached hydrogens (tertiary/aromatic N) is 2. The van der Waals surface area contributed by atoms with Crippen molar-refractivity contribution in [2.75, 3.05) is 37.0 Å². The Hall–Kier alpha value is -2.91. The first kappa shape index (κ1) is 22.3. The first-order chi connectivity index (χ1) is 15.4. The van der Waals surface area contributed by atoms with Crippen LogP contribution in [-0.2, 0) is 26.0 Å². The van der Waals surface area contributed by atoms with E-state index < -0.39 is 10.0 Å². The Bertz CT molecular complexity index is 1130. The molecule has 1 saturated heterocycles. The van der Waals surface area contributed by atoms with Crippen LogP contribution in [0.5, 0.6) is 5.75 Å². The van der Waals surface area contributed by atoms with E-state index in [1.165, 1.54) is 16.3 Å². The highest BCUT2D eigenvalue weighted by atomic mass is 32.2. The molecule has 1 fully saturated rings. The second-order valence-corrected chi connectivity index (χ2v) is 9.92. The molecule has 0 radical (unpaired) electrons. The number of ether oxygens (including phenoxy) is 1. The van der Waals surface area contributed by atoms with E-state index >= 15 is 0 Å². The highest BCUT2D eigenvalue weighted by Crippen LogP contribution is 2.31. The number of methoxy groups -OCH3 is 1. The minimum atomic E-state index is -3.59. The number of sulfonamides is 1. The quantitative estimate of drug-likeness (QED) is 0.720. The summed E-state index contributed by atoms with van der Waals surface area (Å²) in [5.41, 5.74) is 1.91. The molecule has 1 N–H and O–H groups in total. The van der Waals surface area contributed by atoms with Gasteiger partial charge in [0, 0.05) is 19.5 Å². The fraction of sp³-hybridized carbons (Fsp3) is 0.391. The lowest BCUT2D eigenvalue weighted by molar-refractivity contribution is -0.121. The number of benzene rings is 2. The number of piperidine rings is 1. The lowest BCUT2D eigenvalue weighted by Crippen LogP contribution is -2.42. The molecular formula is C23H27N3O5S. The predicted octanol–water partition coefficient (Wildman–Crippen LogP) is 2.79. The van der Waals surface area contributed by atoms with Gasteiger partial charge in [-0.15, -0.1) is 0 Å². The average molecular weight is 458 g/mol. The smallest absolute Gasteiger partial charge is 0.244 e. The summed E-state index contributed by atoms with van der Waals surface area (Å²) >= 11 is 0. The molecule has 2 heterocycles. The maximum atomic E-state index is 13.1. The minimum Gasteiger partial charge on any atom is -0.496 e. The summed E-state index contributed by atoms with van der Waals surface area (Å²) in [4.78, 5) is 26.7. The normalized spacial score (nSPS) is 16.9. The number of hydrogen-bond acceptors (Lipinski definition) is 5. The lowest BCUT2D eigenvalue weighted by Gasteiger charge is -2.29. The van der Waals surface area contributed by atoms with E-state index in [0.717, 1.165) is 19.3 Å². The number of anilines is 2. The average Bonchev–Trinajstić information content (AvgIpc) is 2.82. The molecule has 2 aromatic rings. The van der Waals surface area contributed by atoms with Gasteiger partial charge in [0.1, 0.15) is 12.3 Å². The Morgan fingerprint density at radius 3 is 2.59 bits per heavy atom. The SMILES string of the molecule is COc1ccc(S(=O)(=O)N2CCCCC2)cc1CCC(=O)N1CC(=O)Nc2ccccc21. The number of aryl methyl sites for hydroxylation is 1. The van der Waals surface area contributed by atoms with Crippen molar-refractivity contribution in [2.45, 2.75) is 37.0 Å². The number of carbonyl (C=O) groups excluding carboxylic acids is 2. The second-order valence-electron chi connectivity index (χ2n) is 7.98. The summed E-state index contributed by atoms with van der Waals surface area (Å²) in [6.45, 7) is 1.01. The summed E-state index contributed by atoms with van der Waals surface area (Å²) < 4.78 is 33.1. The van der Waals surface area contributed by atoms with Crippen LogP contribution in [0.4, 0.5) is 11.4 Å². The van der Waals surface area contributed by atoms with E-state index in [1.807, 2.05) is 6.07 Å². The summed E-state index contributed by atoms with van der Waals surface area (Å²) in [6.07, 6.45) is 3.18. The van der Waals surface area contributed by atoms with E-state index in [9.17, 15) is 18.0 Å². The number of carbonyl (C=O) groups is 2. The summed E-state index contributed by atoms with van der Waals surface area (Å²) in [6, 6.07) is 12.0. The number of para-hydroxylation sites is 2. The summed E-state index contributed by atoms with van der Waals surface area (Å²) in [5, 5.41) is 2.77. The molecule has 2 aromatic carbocycles. The molecule has 32 heavy (non-hydrogen) atoms. The van der Waals surface area contributed by atoms with Gasteiger partial charge < -0.3 is 15.0 Å². The zero-order valence-electron chi connectivity index (χ0n) is 18.0. The highest BCUT2D eigenvalue weighted by Gasteiger charge is 2.28. The van der Waals surface area contributed by atoms with Crippen molar-refractivity contribution in [1.82, 2.24) is 4.31 Å². The molecule has 2 aliphatic heterocycles. The first-order valence-corrected chi connectivity index (χ1v) is 12.2. The molecule has 2 aliphatic rings. The Morgan fingerprint density at radius 2 is 1.84 bits per heavy atom. The zero-order chi connectivity index (χ0) is 22.7. The Morgan fingerprint density at radius 1 is 1.09 bits per heavy atom. The van der Waals surface area contributed by atoms with Crippen LogP contribution in [0.1, 0.15) is 31.2 Å². The van der Waals surface area contributed by atoms with Crippen molar-refractivity contribution in [3.63, 3.8) is 0 Å². The van der Waals surface area contributed by atoms with Crippen LogP contribution in [-0.4, -0.2) is 51.3 Å². The third-order valence-corrected chi connectivity index (χ3v) is 7.78. The molecule has 0 spiro atoms. The van der Waals surface area contributed by atoms with Crippen molar-refractivity contribution < 1.29 is 22.7 Å². The van der Waals surface area contributed by atoms with Crippen LogP contribution < -0.4 is 15.0 Å². The van der Waals surface area contributed by atoms with Crippen LogP contribution in [0.3, 0.4) is 0 Å². The molecule has 0 saturated carbocycles. The molecule has 0 atom stereocenters. The van der Waals surface area contributed by atoms with Gasteiger partial charge in [0.05, 0.1) is 23.4 Å². The van der Waals surface area contributed by atoms with Crippen LogP contribution in [0.25, 0.3) is 0 Å². The zero-order valence-corrected chi connectivity index (χ0v) is 18.9. The van der Waals surface area contributed by atoms with E-state index in [0.29, 0.717) is 42.2 Å². The van der Waals surface area contributed by atoms with E-state index in [2.05, 4.69) is 5.32 Å². The molecule has 0 unspecified atom stereocenters. The molecule has 0 aromatic heterocycles. The van der Waals surface area contributed by atoms with Gasteiger partial charge in [0.2, 0.25) is 21.8 Å². The molecule has 0 aliphatic carbocycles. The molecule has 4 rings (SSSR count). The fourth-order valence-corrected chi connectivity index (χ4v) is 5.77. The topological polar surface area (TPSA) is 96.0 Å². The van der Waals surface area contributed by atoms with E-state index in [4.69, 9.17) is 4.74 Å². The molecule has 8 nitrogen and oxygen atoms in total. The Kier molecular flexibility index (Phi) is 6.48. The van der Waals surface area contributed by atoms with Crippen molar-refractivity contribution in [1.29, 1.82) is 0 Å². The van der Waals surface area contributed by atoms with Gasteiger partial charge in [-0.1, -0.05) is 18.6 Å². The van der Waals surface area contributed by atoms with E-state index in [-0.39, 0.29) is 29.7 Å². The molecule has 2 amide bonds. The van der Waals surface area contributed by atoms with Crippen LogP contribution in [0, 0.1) is 0 Å². The number of fused-ring (bicyclic) bond motifs is 1. The maximum Gasteiger partial charge on any atom is 0.244 e. The lowest BCUT2D eigenvalue weighted by atomic mass is 10.1. The number of rotatable bonds is 6. The highest BCUT2D eigenvalue weighted by molar-refractivity contribution is 7.89. The third-order valence-electron chi connectivity index (χ3n) is 5.88. The van der Waals surface area contributed by atoms with Gasteiger partial charge in [0.15, 0.2) is 0 Å². The van der Waals surface area contributed by atoms with Gasteiger partial charge in [-0.3, -0.25) is 9.59 Å². The monoisotopic (exact) mass is 457 g/mol. The predicted molar refractivity (Wildman–Crippen MR) is 121 cm³/mol. The number of nitrogens with one attached hydrogen (secondary N) is 1. The first-order valence-electron chi connectivity index (χ1n) is 10.8. The van der Waals surface area contributed by atoms with Gasteiger partial charge in [-0.05, 0) is 55.2 Å². The second kappa shape index (κ2) is 9.30. The van der Waals surface area contributed by atoms with Gasteiger partial charge in [-0.2, -0.15) is 4.31 Å². The maximum absolute atomic E-state index is 13.1.